The molecule has 0 aromatic heterocycles. The van der Waals surface area contributed by atoms with Crippen LogP contribution in [0.15, 0.2) is 24.3 Å². The highest BCUT2D eigenvalue weighted by Gasteiger charge is 2.37. The number of nitrogens with one attached hydrogen (secondary N) is 1. The Morgan fingerprint density at radius 2 is 1.93 bits per heavy atom. The minimum atomic E-state index is -0.972. The SMILES string of the molecule is C[C@@H]1[C@H](C)CCC[C@H]1NC(=O)[C@@H](C)OC(=O)CN1C(=O)C(=O)c2ccccc21. The van der Waals surface area contributed by atoms with Crippen molar-refractivity contribution < 1.29 is 23.9 Å². The number of carbonyl (C=O) groups is 4. The van der Waals surface area contributed by atoms with Crippen LogP contribution in [0.25, 0.3) is 0 Å². The Bertz CT molecular complexity index is 806. The average Bonchev–Trinajstić information content (AvgIpc) is 2.90. The van der Waals surface area contributed by atoms with Crippen molar-refractivity contribution in [2.75, 3.05) is 11.4 Å². The van der Waals surface area contributed by atoms with Crippen LogP contribution in [0.2, 0.25) is 0 Å². The number of carbonyl (C=O) groups excluding carboxylic acids is 4. The van der Waals surface area contributed by atoms with E-state index in [9.17, 15) is 19.2 Å². The summed E-state index contributed by atoms with van der Waals surface area (Å²) in [6.07, 6.45) is 2.16. The summed E-state index contributed by atoms with van der Waals surface area (Å²) in [7, 11) is 0. The molecule has 1 heterocycles. The lowest BCUT2D eigenvalue weighted by atomic mass is 9.78. The number of Topliss-reactive ketones (excluding diaryl/α,β-unsaturated/α-hetero) is 1. The molecule has 28 heavy (non-hydrogen) atoms. The van der Waals surface area contributed by atoms with Gasteiger partial charge in [0.05, 0.1) is 11.3 Å². The zero-order valence-corrected chi connectivity index (χ0v) is 16.4. The fraction of sp³-hybridized carbons (Fsp3) is 0.524. The lowest BCUT2D eigenvalue weighted by Crippen LogP contribution is -2.48. The van der Waals surface area contributed by atoms with Gasteiger partial charge in [-0.05, 0) is 37.3 Å². The van der Waals surface area contributed by atoms with Crippen LogP contribution in [0, 0.1) is 11.8 Å². The van der Waals surface area contributed by atoms with Crippen LogP contribution in [0.1, 0.15) is 50.4 Å². The third-order valence-electron chi connectivity index (χ3n) is 5.88. The number of fused-ring (bicyclic) bond motifs is 1. The first-order chi connectivity index (χ1) is 13.3. The minimum Gasteiger partial charge on any atom is -0.451 e. The molecule has 0 bridgehead atoms. The van der Waals surface area contributed by atoms with Crippen LogP contribution in [0.3, 0.4) is 0 Å². The summed E-state index contributed by atoms with van der Waals surface area (Å²) in [5.74, 6) is -1.58. The molecule has 1 aliphatic carbocycles. The van der Waals surface area contributed by atoms with Crippen molar-refractivity contribution in [2.45, 2.75) is 52.2 Å². The molecule has 1 aromatic carbocycles. The van der Waals surface area contributed by atoms with E-state index in [1.807, 2.05) is 0 Å². The molecule has 2 amide bonds. The van der Waals surface area contributed by atoms with Gasteiger partial charge in [0.25, 0.3) is 17.6 Å². The van der Waals surface area contributed by atoms with Gasteiger partial charge in [-0.15, -0.1) is 0 Å². The maximum Gasteiger partial charge on any atom is 0.326 e. The van der Waals surface area contributed by atoms with Gasteiger partial charge in [0.15, 0.2) is 6.10 Å². The second kappa shape index (κ2) is 8.12. The molecule has 0 spiro atoms. The first-order valence-corrected chi connectivity index (χ1v) is 9.74. The Morgan fingerprint density at radius 3 is 2.68 bits per heavy atom. The number of anilines is 1. The summed E-state index contributed by atoms with van der Waals surface area (Å²) < 4.78 is 5.22. The van der Waals surface area contributed by atoms with Gasteiger partial charge in [-0.25, -0.2) is 0 Å². The summed E-state index contributed by atoms with van der Waals surface area (Å²) >= 11 is 0. The van der Waals surface area contributed by atoms with Gasteiger partial charge in [-0.2, -0.15) is 0 Å². The first kappa shape index (κ1) is 20.0. The monoisotopic (exact) mass is 386 g/mol. The summed E-state index contributed by atoms with van der Waals surface area (Å²) in [5.41, 5.74) is 0.656. The third-order valence-corrected chi connectivity index (χ3v) is 5.88. The number of esters is 1. The molecule has 1 aromatic rings. The Hall–Kier alpha value is -2.70. The van der Waals surface area contributed by atoms with Crippen LogP contribution >= 0.6 is 0 Å². The number of ketones is 1. The Morgan fingerprint density at radius 1 is 1.21 bits per heavy atom. The molecule has 150 valence electrons. The lowest BCUT2D eigenvalue weighted by Gasteiger charge is -2.35. The standard InChI is InChI=1S/C21H26N2O5/c1-12-7-6-9-16(13(12)2)22-20(26)14(3)28-18(24)11-23-17-10-5-4-8-15(17)19(25)21(23)27/h4-5,8,10,12-14,16H,6-7,9,11H2,1-3H3,(H,22,26)/t12-,13-,14-,16-/m1/s1. The molecule has 0 saturated heterocycles. The van der Waals surface area contributed by atoms with Crippen molar-refractivity contribution in [2.24, 2.45) is 11.8 Å². The van der Waals surface area contributed by atoms with Crippen LogP contribution < -0.4 is 10.2 Å². The number of amides is 2. The molecular weight excluding hydrogens is 360 g/mol. The molecule has 0 unspecified atom stereocenters. The molecule has 3 rings (SSSR count). The molecule has 1 fully saturated rings. The topological polar surface area (TPSA) is 92.8 Å². The highest BCUT2D eigenvalue weighted by molar-refractivity contribution is 6.52. The van der Waals surface area contributed by atoms with Gasteiger partial charge < -0.3 is 10.1 Å². The zero-order chi connectivity index (χ0) is 20.4. The van der Waals surface area contributed by atoms with Crippen molar-refractivity contribution in [3.05, 3.63) is 29.8 Å². The molecule has 1 aliphatic heterocycles. The molecule has 0 radical (unpaired) electrons. The fourth-order valence-corrected chi connectivity index (χ4v) is 3.91. The minimum absolute atomic E-state index is 0.0714. The maximum atomic E-state index is 12.4. The molecule has 1 saturated carbocycles. The number of para-hydroxylation sites is 1. The van der Waals surface area contributed by atoms with E-state index in [1.54, 1.807) is 24.3 Å². The second-order valence-corrected chi connectivity index (χ2v) is 7.75. The molecule has 2 aliphatic rings. The third kappa shape index (κ3) is 3.93. The summed E-state index contributed by atoms with van der Waals surface area (Å²) in [6, 6.07) is 6.56. The lowest BCUT2D eigenvalue weighted by molar-refractivity contribution is -0.154. The Labute approximate surface area is 164 Å². The van der Waals surface area contributed by atoms with E-state index in [0.29, 0.717) is 17.5 Å². The number of hydrogen-bond acceptors (Lipinski definition) is 5. The van der Waals surface area contributed by atoms with Crippen LogP contribution in [0.4, 0.5) is 5.69 Å². The van der Waals surface area contributed by atoms with E-state index in [2.05, 4.69) is 19.2 Å². The summed E-state index contributed by atoms with van der Waals surface area (Å²) in [5, 5.41) is 2.98. The van der Waals surface area contributed by atoms with Gasteiger partial charge in [0.2, 0.25) is 0 Å². The van der Waals surface area contributed by atoms with Gasteiger partial charge >= 0.3 is 5.97 Å². The quantitative estimate of drug-likeness (QED) is 0.618. The maximum absolute atomic E-state index is 12.4. The number of ether oxygens (including phenoxy) is 1. The van der Waals surface area contributed by atoms with Gasteiger partial charge in [-0.1, -0.05) is 38.8 Å². The number of benzene rings is 1. The van der Waals surface area contributed by atoms with Crippen molar-refractivity contribution in [3.63, 3.8) is 0 Å². The van der Waals surface area contributed by atoms with E-state index in [0.717, 1.165) is 24.2 Å². The van der Waals surface area contributed by atoms with E-state index in [-0.39, 0.29) is 17.5 Å². The van der Waals surface area contributed by atoms with Gasteiger partial charge in [0, 0.05) is 6.04 Å². The summed E-state index contributed by atoms with van der Waals surface area (Å²) in [6.45, 7) is 5.41. The van der Waals surface area contributed by atoms with E-state index in [1.165, 1.54) is 6.92 Å². The molecule has 7 heteroatoms. The molecule has 7 nitrogen and oxygen atoms in total. The highest BCUT2D eigenvalue weighted by atomic mass is 16.5. The first-order valence-electron chi connectivity index (χ1n) is 9.74. The number of nitrogens with zero attached hydrogens (tertiary/aromatic N) is 1. The zero-order valence-electron chi connectivity index (χ0n) is 16.4. The fourth-order valence-electron chi connectivity index (χ4n) is 3.91. The van der Waals surface area contributed by atoms with Crippen LogP contribution in [0.5, 0.6) is 0 Å². The predicted octanol–water partition coefficient (Wildman–Crippen LogP) is 2.09. The molecule has 4 atom stereocenters. The van der Waals surface area contributed by atoms with Crippen molar-refractivity contribution >= 4 is 29.3 Å². The Kier molecular flexibility index (Phi) is 5.82. The normalized spacial score (nSPS) is 25.2. The van der Waals surface area contributed by atoms with Crippen LogP contribution in [-0.2, 0) is 19.1 Å². The van der Waals surface area contributed by atoms with E-state index in [4.69, 9.17) is 4.74 Å². The Balaban J connectivity index is 1.57. The molecular formula is C21H26N2O5. The van der Waals surface area contributed by atoms with Crippen molar-refractivity contribution in [1.29, 1.82) is 0 Å². The number of rotatable bonds is 5. The van der Waals surface area contributed by atoms with Crippen molar-refractivity contribution in [1.82, 2.24) is 5.32 Å². The largest absolute Gasteiger partial charge is 0.451 e. The van der Waals surface area contributed by atoms with E-state index < -0.39 is 30.3 Å². The van der Waals surface area contributed by atoms with E-state index >= 15 is 0 Å². The number of hydrogen-bond donors (Lipinski definition) is 1. The van der Waals surface area contributed by atoms with Crippen molar-refractivity contribution in [3.8, 4) is 0 Å². The summed E-state index contributed by atoms with van der Waals surface area (Å²) in [4.78, 5) is 49.9. The predicted molar refractivity (Wildman–Crippen MR) is 103 cm³/mol. The van der Waals surface area contributed by atoms with Gasteiger partial charge in [-0.3, -0.25) is 24.1 Å². The highest BCUT2D eigenvalue weighted by Crippen LogP contribution is 2.30. The van der Waals surface area contributed by atoms with Gasteiger partial charge in [0.1, 0.15) is 6.54 Å². The second-order valence-electron chi connectivity index (χ2n) is 7.75. The molecule has 1 N–H and O–H groups in total. The average molecular weight is 386 g/mol. The smallest absolute Gasteiger partial charge is 0.326 e. The van der Waals surface area contributed by atoms with Crippen LogP contribution in [-0.4, -0.2) is 42.3 Å².